The van der Waals surface area contributed by atoms with Gasteiger partial charge in [-0.2, -0.15) is 0 Å². The van der Waals surface area contributed by atoms with Gasteiger partial charge in [-0.15, -0.1) is 0 Å². The molecule has 0 aliphatic carbocycles. The van der Waals surface area contributed by atoms with Crippen LogP contribution in [0.25, 0.3) is 0 Å². The summed E-state index contributed by atoms with van der Waals surface area (Å²) < 4.78 is 0. The second-order valence-corrected chi connectivity index (χ2v) is 3.12. The normalized spacial score (nSPS) is 10.9. The fraction of sp³-hybridized carbons (Fsp3) is 0.444. The minimum absolute atomic E-state index is 0.0306. The largest absolute Gasteiger partial charge is 0.364 e. The van der Waals surface area contributed by atoms with Crippen molar-refractivity contribution in [3.63, 3.8) is 0 Å². The lowest BCUT2D eigenvalue weighted by molar-refractivity contribution is -0.0440. The van der Waals surface area contributed by atoms with Crippen LogP contribution in [0.4, 0.5) is 0 Å². The molecule has 0 radical (unpaired) electrons. The molecule has 4 heteroatoms. The number of hydrogen-bond donors (Lipinski definition) is 3. The summed E-state index contributed by atoms with van der Waals surface area (Å²) in [7, 11) is 0. The van der Waals surface area contributed by atoms with Gasteiger partial charge in [0.25, 0.3) is 5.56 Å². The van der Waals surface area contributed by atoms with Crippen molar-refractivity contribution in [1.82, 2.24) is 4.98 Å². The molecule has 0 aliphatic rings. The van der Waals surface area contributed by atoms with Crippen molar-refractivity contribution in [2.75, 3.05) is 0 Å². The minimum atomic E-state index is -1.71. The molecule has 1 heterocycles. The standard InChI is InChI=1S/C9H13NO3/c1-4-5(2)7(9(12)13)8(11)10-6(4)3/h9,12-13H,1-3H3,(H,10,11). The first-order valence-corrected chi connectivity index (χ1v) is 4.01. The van der Waals surface area contributed by atoms with Crippen molar-refractivity contribution in [3.05, 3.63) is 32.7 Å². The van der Waals surface area contributed by atoms with Crippen LogP contribution < -0.4 is 5.56 Å². The Morgan fingerprint density at radius 2 is 1.69 bits per heavy atom. The highest BCUT2D eigenvalue weighted by molar-refractivity contribution is 5.34. The van der Waals surface area contributed by atoms with Crippen LogP contribution in [0.1, 0.15) is 28.7 Å². The zero-order valence-corrected chi connectivity index (χ0v) is 7.88. The number of aliphatic hydroxyl groups excluding tert-OH is 1. The number of pyridine rings is 1. The molecule has 3 N–H and O–H groups in total. The first kappa shape index (κ1) is 9.95. The van der Waals surface area contributed by atoms with Gasteiger partial charge in [0, 0.05) is 5.69 Å². The van der Waals surface area contributed by atoms with E-state index in [4.69, 9.17) is 10.2 Å². The molecule has 0 bridgehead atoms. The highest BCUT2D eigenvalue weighted by Gasteiger charge is 2.14. The maximum atomic E-state index is 11.3. The molecule has 0 amide bonds. The van der Waals surface area contributed by atoms with E-state index < -0.39 is 11.8 Å². The van der Waals surface area contributed by atoms with Gasteiger partial charge >= 0.3 is 0 Å². The Labute approximate surface area is 75.9 Å². The third-order valence-corrected chi connectivity index (χ3v) is 2.33. The predicted molar refractivity (Wildman–Crippen MR) is 48.5 cm³/mol. The number of hydrogen-bond acceptors (Lipinski definition) is 3. The lowest BCUT2D eigenvalue weighted by Crippen LogP contribution is -2.20. The van der Waals surface area contributed by atoms with Crippen molar-refractivity contribution in [3.8, 4) is 0 Å². The Morgan fingerprint density at radius 3 is 2.15 bits per heavy atom. The molecule has 0 aliphatic heterocycles. The molecule has 1 aromatic rings. The molecule has 0 saturated carbocycles. The van der Waals surface area contributed by atoms with Crippen LogP contribution in [0.5, 0.6) is 0 Å². The van der Waals surface area contributed by atoms with Crippen LogP contribution in [0.2, 0.25) is 0 Å². The molecule has 0 aromatic carbocycles. The lowest BCUT2D eigenvalue weighted by Gasteiger charge is -2.11. The summed E-state index contributed by atoms with van der Waals surface area (Å²) in [4.78, 5) is 13.8. The smallest absolute Gasteiger partial charge is 0.256 e. The summed E-state index contributed by atoms with van der Waals surface area (Å²) in [5, 5.41) is 17.9. The zero-order chi connectivity index (χ0) is 10.2. The molecular formula is C9H13NO3. The number of aromatic nitrogens is 1. The van der Waals surface area contributed by atoms with Gasteiger partial charge in [-0.1, -0.05) is 0 Å². The van der Waals surface area contributed by atoms with E-state index in [0.717, 1.165) is 11.3 Å². The average molecular weight is 183 g/mol. The van der Waals surface area contributed by atoms with E-state index in [2.05, 4.69) is 4.98 Å². The number of nitrogens with one attached hydrogen (secondary N) is 1. The van der Waals surface area contributed by atoms with Gasteiger partial charge in [0.15, 0.2) is 6.29 Å². The van der Waals surface area contributed by atoms with Gasteiger partial charge < -0.3 is 15.2 Å². The van der Waals surface area contributed by atoms with E-state index in [-0.39, 0.29) is 5.56 Å². The zero-order valence-electron chi connectivity index (χ0n) is 7.88. The van der Waals surface area contributed by atoms with Crippen LogP contribution in [-0.2, 0) is 0 Å². The highest BCUT2D eigenvalue weighted by atomic mass is 16.5. The summed E-state index contributed by atoms with van der Waals surface area (Å²) in [6, 6.07) is 0. The Morgan fingerprint density at radius 1 is 1.15 bits per heavy atom. The molecule has 4 nitrogen and oxygen atoms in total. The van der Waals surface area contributed by atoms with E-state index in [1.807, 2.05) is 6.92 Å². The van der Waals surface area contributed by atoms with Gasteiger partial charge in [-0.25, -0.2) is 0 Å². The van der Waals surface area contributed by atoms with E-state index >= 15 is 0 Å². The SMILES string of the molecule is Cc1[nH]c(=O)c(C(O)O)c(C)c1C. The summed E-state index contributed by atoms with van der Waals surface area (Å²) in [5.74, 6) is 0. The van der Waals surface area contributed by atoms with Crippen LogP contribution >= 0.6 is 0 Å². The van der Waals surface area contributed by atoms with Crippen molar-refractivity contribution >= 4 is 0 Å². The fourth-order valence-corrected chi connectivity index (χ4v) is 1.30. The van der Waals surface area contributed by atoms with E-state index in [1.54, 1.807) is 13.8 Å². The minimum Gasteiger partial charge on any atom is -0.364 e. The fourth-order valence-electron chi connectivity index (χ4n) is 1.30. The Hall–Kier alpha value is -1.13. The summed E-state index contributed by atoms with van der Waals surface area (Å²) in [6.45, 7) is 5.30. The summed E-state index contributed by atoms with van der Waals surface area (Å²) in [5.41, 5.74) is 1.87. The molecular weight excluding hydrogens is 170 g/mol. The number of aliphatic hydroxyl groups is 2. The van der Waals surface area contributed by atoms with Crippen LogP contribution in [0.3, 0.4) is 0 Å². The lowest BCUT2D eigenvalue weighted by atomic mass is 10.0. The third kappa shape index (κ3) is 1.64. The second-order valence-electron chi connectivity index (χ2n) is 3.12. The molecule has 0 atom stereocenters. The maximum absolute atomic E-state index is 11.3. The molecule has 72 valence electrons. The van der Waals surface area contributed by atoms with Gasteiger partial charge in [0.1, 0.15) is 0 Å². The van der Waals surface area contributed by atoms with Crippen LogP contribution in [-0.4, -0.2) is 15.2 Å². The number of aromatic amines is 1. The first-order chi connectivity index (χ1) is 5.95. The quantitative estimate of drug-likeness (QED) is 0.548. The van der Waals surface area contributed by atoms with Gasteiger partial charge in [0.05, 0.1) is 5.56 Å². The molecule has 1 rings (SSSR count). The molecule has 0 spiro atoms. The molecule has 0 unspecified atom stereocenters. The first-order valence-electron chi connectivity index (χ1n) is 4.01. The van der Waals surface area contributed by atoms with Gasteiger partial charge in [-0.05, 0) is 31.9 Å². The highest BCUT2D eigenvalue weighted by Crippen LogP contribution is 2.15. The number of aryl methyl sites for hydroxylation is 1. The van der Waals surface area contributed by atoms with E-state index in [1.165, 1.54) is 0 Å². The average Bonchev–Trinajstić information content (AvgIpc) is 1.99. The Kier molecular flexibility index (Phi) is 2.54. The topological polar surface area (TPSA) is 73.3 Å². The van der Waals surface area contributed by atoms with Gasteiger partial charge in [-0.3, -0.25) is 4.79 Å². The van der Waals surface area contributed by atoms with Crippen LogP contribution in [0.15, 0.2) is 4.79 Å². The molecule has 0 fully saturated rings. The van der Waals surface area contributed by atoms with Crippen molar-refractivity contribution in [2.24, 2.45) is 0 Å². The third-order valence-electron chi connectivity index (χ3n) is 2.33. The summed E-state index contributed by atoms with van der Waals surface area (Å²) >= 11 is 0. The molecule has 13 heavy (non-hydrogen) atoms. The van der Waals surface area contributed by atoms with Crippen LogP contribution in [0, 0.1) is 20.8 Å². The second kappa shape index (κ2) is 3.32. The van der Waals surface area contributed by atoms with Crippen molar-refractivity contribution in [2.45, 2.75) is 27.1 Å². The van der Waals surface area contributed by atoms with Crippen molar-refractivity contribution in [1.29, 1.82) is 0 Å². The van der Waals surface area contributed by atoms with E-state index in [0.29, 0.717) is 5.56 Å². The summed E-state index contributed by atoms with van der Waals surface area (Å²) in [6.07, 6.45) is -1.71. The Balaban J connectivity index is 3.54. The van der Waals surface area contributed by atoms with E-state index in [9.17, 15) is 4.79 Å². The van der Waals surface area contributed by atoms with Gasteiger partial charge in [0.2, 0.25) is 0 Å². The monoisotopic (exact) mass is 183 g/mol. The predicted octanol–water partition coefficient (Wildman–Crippen LogP) is 0.283. The molecule has 0 saturated heterocycles. The Bertz CT molecular complexity index is 379. The maximum Gasteiger partial charge on any atom is 0.256 e. The molecule has 1 aromatic heterocycles. The van der Waals surface area contributed by atoms with Crippen molar-refractivity contribution < 1.29 is 10.2 Å². The number of H-pyrrole nitrogens is 1. The number of rotatable bonds is 1.